The molecule has 1 N–H and O–H groups in total. The van der Waals surface area contributed by atoms with Crippen LogP contribution in [0.3, 0.4) is 0 Å². The van der Waals surface area contributed by atoms with Gasteiger partial charge in [-0.25, -0.2) is 18.9 Å². The first kappa shape index (κ1) is 14.2. The van der Waals surface area contributed by atoms with Gasteiger partial charge in [0.2, 0.25) is 0 Å². The Balaban J connectivity index is 2.72. The van der Waals surface area contributed by atoms with Crippen LogP contribution in [0.2, 0.25) is 0 Å². The lowest BCUT2D eigenvalue weighted by atomic mass is 9.95. The molecule has 0 spiro atoms. The smallest absolute Gasteiger partial charge is 0.375 e. The van der Waals surface area contributed by atoms with Gasteiger partial charge in [-0.05, 0) is 24.6 Å². The van der Waals surface area contributed by atoms with Crippen LogP contribution in [0.5, 0.6) is 0 Å². The molecule has 0 atom stereocenters. The van der Waals surface area contributed by atoms with Gasteiger partial charge in [-0.15, -0.1) is 5.10 Å². The topological polar surface area (TPSA) is 68.0 Å². The average Bonchev–Trinajstić information content (AvgIpc) is 2.77. The molecule has 2 rings (SSSR count). The summed E-state index contributed by atoms with van der Waals surface area (Å²) in [6.45, 7) is 7.50. The third kappa shape index (κ3) is 2.54. The lowest BCUT2D eigenvalue weighted by molar-refractivity contribution is 0.0683. The molecule has 0 radical (unpaired) electrons. The zero-order valence-corrected chi connectivity index (χ0v) is 11.8. The summed E-state index contributed by atoms with van der Waals surface area (Å²) in [6.07, 6.45) is 0. The van der Waals surface area contributed by atoms with Gasteiger partial charge >= 0.3 is 5.97 Å². The van der Waals surface area contributed by atoms with E-state index < -0.39 is 17.2 Å². The average molecular weight is 277 g/mol. The molecule has 106 valence electrons. The molecule has 0 aliphatic carbocycles. The first-order valence-electron chi connectivity index (χ1n) is 6.17. The molecule has 0 unspecified atom stereocenters. The molecule has 0 saturated heterocycles. The third-order valence-corrected chi connectivity index (χ3v) is 2.87. The maximum Gasteiger partial charge on any atom is 0.375 e. The molecule has 5 nitrogen and oxygen atoms in total. The summed E-state index contributed by atoms with van der Waals surface area (Å²) in [5.74, 6) is -1.43. The van der Waals surface area contributed by atoms with Gasteiger partial charge in [-0.3, -0.25) is 0 Å². The van der Waals surface area contributed by atoms with Crippen LogP contribution in [0.15, 0.2) is 18.2 Å². The molecule has 6 heteroatoms. The SMILES string of the molecule is Cc1ccc(F)cc1-n1nc(C(=O)O)nc1C(C)(C)C. The molecule has 2 aromatic rings. The van der Waals surface area contributed by atoms with E-state index in [0.717, 1.165) is 5.56 Å². The Morgan fingerprint density at radius 3 is 2.55 bits per heavy atom. The zero-order valence-electron chi connectivity index (χ0n) is 11.8. The predicted molar refractivity (Wildman–Crippen MR) is 71.7 cm³/mol. The van der Waals surface area contributed by atoms with Crippen molar-refractivity contribution in [3.05, 3.63) is 41.2 Å². The number of benzene rings is 1. The standard InChI is InChI=1S/C14H16FN3O2/c1-8-5-6-9(15)7-10(8)18-13(14(2,3)4)16-11(17-18)12(19)20/h5-7H,1-4H3,(H,19,20). The van der Waals surface area contributed by atoms with Crippen molar-refractivity contribution in [3.63, 3.8) is 0 Å². The molecule has 20 heavy (non-hydrogen) atoms. The minimum Gasteiger partial charge on any atom is -0.475 e. The van der Waals surface area contributed by atoms with Crippen molar-refractivity contribution in [1.82, 2.24) is 14.8 Å². The Labute approximate surface area is 116 Å². The first-order chi connectivity index (χ1) is 9.20. The Morgan fingerprint density at radius 2 is 2.00 bits per heavy atom. The summed E-state index contributed by atoms with van der Waals surface area (Å²) in [6, 6.07) is 4.30. The van der Waals surface area contributed by atoms with Crippen LogP contribution in [0.4, 0.5) is 4.39 Å². The number of aromatic nitrogens is 3. The van der Waals surface area contributed by atoms with E-state index in [9.17, 15) is 9.18 Å². The van der Waals surface area contributed by atoms with Gasteiger partial charge in [-0.2, -0.15) is 0 Å². The van der Waals surface area contributed by atoms with Crippen LogP contribution in [0.1, 0.15) is 42.8 Å². The predicted octanol–water partition coefficient (Wildman–Crippen LogP) is 2.71. The van der Waals surface area contributed by atoms with E-state index >= 15 is 0 Å². The summed E-state index contributed by atoms with van der Waals surface area (Å²) in [5, 5.41) is 13.0. The lowest BCUT2D eigenvalue weighted by Gasteiger charge is -2.19. The van der Waals surface area contributed by atoms with Gasteiger partial charge in [0, 0.05) is 5.41 Å². The highest BCUT2D eigenvalue weighted by Gasteiger charge is 2.26. The van der Waals surface area contributed by atoms with Crippen LogP contribution in [0, 0.1) is 12.7 Å². The minimum atomic E-state index is -1.21. The number of carboxylic acid groups (broad SMARTS) is 1. The Hall–Kier alpha value is -2.24. The zero-order chi connectivity index (χ0) is 15.1. The van der Waals surface area contributed by atoms with Gasteiger partial charge in [0.15, 0.2) is 0 Å². The van der Waals surface area contributed by atoms with Crippen molar-refractivity contribution in [3.8, 4) is 5.69 Å². The van der Waals surface area contributed by atoms with Crippen molar-refractivity contribution in [2.45, 2.75) is 33.1 Å². The second-order valence-electron chi connectivity index (χ2n) is 5.66. The van der Waals surface area contributed by atoms with Crippen molar-refractivity contribution in [2.24, 2.45) is 0 Å². The largest absolute Gasteiger partial charge is 0.475 e. The second kappa shape index (κ2) is 4.70. The Morgan fingerprint density at radius 1 is 1.35 bits per heavy atom. The van der Waals surface area contributed by atoms with Crippen LogP contribution in [0.25, 0.3) is 5.69 Å². The summed E-state index contributed by atoms with van der Waals surface area (Å²) >= 11 is 0. The molecule has 0 bridgehead atoms. The number of halogens is 1. The van der Waals surface area contributed by atoms with Gasteiger partial charge in [0.05, 0.1) is 5.69 Å². The van der Waals surface area contributed by atoms with E-state index in [0.29, 0.717) is 11.5 Å². The molecule has 0 aliphatic heterocycles. The van der Waals surface area contributed by atoms with E-state index in [1.165, 1.54) is 16.8 Å². The number of carboxylic acids is 1. The highest BCUT2D eigenvalue weighted by Crippen LogP contribution is 2.25. The molecule has 0 amide bonds. The molecule has 0 aliphatic rings. The van der Waals surface area contributed by atoms with E-state index in [1.54, 1.807) is 6.07 Å². The van der Waals surface area contributed by atoms with Crippen LogP contribution in [-0.2, 0) is 5.41 Å². The van der Waals surface area contributed by atoms with Crippen molar-refractivity contribution >= 4 is 5.97 Å². The monoisotopic (exact) mass is 277 g/mol. The first-order valence-corrected chi connectivity index (χ1v) is 6.17. The van der Waals surface area contributed by atoms with Crippen molar-refractivity contribution < 1.29 is 14.3 Å². The maximum absolute atomic E-state index is 13.4. The number of nitrogens with zero attached hydrogens (tertiary/aromatic N) is 3. The quantitative estimate of drug-likeness (QED) is 0.916. The van der Waals surface area contributed by atoms with E-state index in [1.807, 2.05) is 27.7 Å². The molecule has 0 fully saturated rings. The number of carbonyl (C=O) groups is 1. The highest BCUT2D eigenvalue weighted by atomic mass is 19.1. The number of hydrogen-bond donors (Lipinski definition) is 1. The van der Waals surface area contributed by atoms with Crippen molar-refractivity contribution in [2.75, 3.05) is 0 Å². The minimum absolute atomic E-state index is 0.293. The van der Waals surface area contributed by atoms with E-state index in [2.05, 4.69) is 10.1 Å². The fourth-order valence-corrected chi connectivity index (χ4v) is 1.87. The van der Waals surface area contributed by atoms with Gasteiger partial charge in [-0.1, -0.05) is 26.8 Å². The number of rotatable bonds is 2. The normalized spacial score (nSPS) is 11.7. The third-order valence-electron chi connectivity index (χ3n) is 2.87. The Bertz CT molecular complexity index is 672. The summed E-state index contributed by atoms with van der Waals surface area (Å²) in [4.78, 5) is 15.1. The molecule has 1 aromatic heterocycles. The number of aryl methyl sites for hydroxylation is 1. The van der Waals surface area contributed by atoms with Gasteiger partial charge < -0.3 is 5.11 Å². The molecule has 1 heterocycles. The van der Waals surface area contributed by atoms with Crippen LogP contribution in [-0.4, -0.2) is 25.8 Å². The summed E-state index contributed by atoms with van der Waals surface area (Å²) < 4.78 is 14.9. The van der Waals surface area contributed by atoms with Gasteiger partial charge in [0.25, 0.3) is 5.82 Å². The summed E-state index contributed by atoms with van der Waals surface area (Å²) in [7, 11) is 0. The number of hydrogen-bond acceptors (Lipinski definition) is 3. The Kier molecular flexibility index (Phi) is 3.33. The highest BCUT2D eigenvalue weighted by molar-refractivity contribution is 5.83. The molecule has 0 saturated carbocycles. The number of aromatic carboxylic acids is 1. The van der Waals surface area contributed by atoms with E-state index in [-0.39, 0.29) is 5.82 Å². The summed E-state index contributed by atoms with van der Waals surface area (Å²) in [5.41, 5.74) is 0.869. The van der Waals surface area contributed by atoms with Crippen molar-refractivity contribution in [1.29, 1.82) is 0 Å². The van der Waals surface area contributed by atoms with Crippen LogP contribution < -0.4 is 0 Å². The van der Waals surface area contributed by atoms with Crippen LogP contribution >= 0.6 is 0 Å². The molecular formula is C14H16FN3O2. The fourth-order valence-electron chi connectivity index (χ4n) is 1.87. The van der Waals surface area contributed by atoms with E-state index in [4.69, 9.17) is 5.11 Å². The van der Waals surface area contributed by atoms with Gasteiger partial charge in [0.1, 0.15) is 11.6 Å². The fraction of sp³-hybridized carbons (Fsp3) is 0.357. The maximum atomic E-state index is 13.4. The second-order valence-corrected chi connectivity index (χ2v) is 5.66. The molecular weight excluding hydrogens is 261 g/mol. The molecule has 1 aromatic carbocycles. The lowest BCUT2D eigenvalue weighted by Crippen LogP contribution is -2.19.